The van der Waals surface area contributed by atoms with E-state index in [1.807, 2.05) is 42.1 Å². The predicted octanol–water partition coefficient (Wildman–Crippen LogP) is 2.39. The van der Waals surface area contributed by atoms with Crippen LogP contribution in [-0.2, 0) is 7.05 Å². The molecule has 1 fully saturated rings. The molecule has 0 spiro atoms. The number of nitrogens with one attached hydrogen (secondary N) is 1. The number of fused-ring (bicyclic) bond motifs is 1. The summed E-state index contributed by atoms with van der Waals surface area (Å²) in [6.07, 6.45) is 4.42. The second kappa shape index (κ2) is 5.90. The number of aryl methyl sites for hydroxylation is 1. The van der Waals surface area contributed by atoms with Crippen LogP contribution >= 0.6 is 0 Å². The zero-order valence-electron chi connectivity index (χ0n) is 12.8. The van der Waals surface area contributed by atoms with Crippen LogP contribution in [0.4, 0.5) is 0 Å². The maximum atomic E-state index is 12.5. The van der Waals surface area contributed by atoms with Crippen LogP contribution in [0.2, 0.25) is 0 Å². The molecule has 2 aromatic rings. The molecule has 21 heavy (non-hydrogen) atoms. The first kappa shape index (κ1) is 14.1. The molecular weight excluding hydrogens is 262 g/mol. The van der Waals surface area contributed by atoms with E-state index in [0.29, 0.717) is 6.04 Å². The highest BCUT2D eigenvalue weighted by atomic mass is 16.1. The number of benzene rings is 1. The molecule has 1 aromatic carbocycles. The number of carbonyl (C=O) groups is 1. The Morgan fingerprint density at radius 1 is 1.38 bits per heavy atom. The van der Waals surface area contributed by atoms with Crippen LogP contribution < -0.4 is 5.32 Å². The van der Waals surface area contributed by atoms with Crippen LogP contribution in [0.25, 0.3) is 10.9 Å². The first-order chi connectivity index (χ1) is 10.2. The zero-order chi connectivity index (χ0) is 14.8. The Balaban J connectivity index is 1.72. The van der Waals surface area contributed by atoms with Gasteiger partial charge in [-0.25, -0.2) is 0 Å². The molecule has 1 saturated heterocycles. The third-order valence-electron chi connectivity index (χ3n) is 4.58. The molecule has 1 atom stereocenters. The monoisotopic (exact) mass is 285 g/mol. The molecule has 0 bridgehead atoms. The highest BCUT2D eigenvalue weighted by Crippen LogP contribution is 2.20. The molecule has 0 radical (unpaired) electrons. The summed E-state index contributed by atoms with van der Waals surface area (Å²) in [6.45, 7) is 5.15. The summed E-state index contributed by atoms with van der Waals surface area (Å²) in [7, 11) is 2.00. The van der Waals surface area contributed by atoms with Crippen molar-refractivity contribution < 1.29 is 4.79 Å². The van der Waals surface area contributed by atoms with Gasteiger partial charge >= 0.3 is 0 Å². The molecule has 4 nitrogen and oxygen atoms in total. The lowest BCUT2D eigenvalue weighted by atomic mass is 10.1. The van der Waals surface area contributed by atoms with E-state index in [1.54, 1.807) is 0 Å². The first-order valence-electron chi connectivity index (χ1n) is 7.77. The molecule has 0 saturated carbocycles. The Morgan fingerprint density at radius 2 is 2.24 bits per heavy atom. The van der Waals surface area contributed by atoms with Crippen molar-refractivity contribution in [1.82, 2.24) is 14.8 Å². The molecule has 1 amide bonds. The Labute approximate surface area is 125 Å². The number of amides is 1. The van der Waals surface area contributed by atoms with Crippen LogP contribution in [0.15, 0.2) is 30.5 Å². The molecule has 1 N–H and O–H groups in total. The van der Waals surface area contributed by atoms with E-state index in [0.717, 1.165) is 36.1 Å². The van der Waals surface area contributed by atoms with E-state index in [2.05, 4.69) is 17.1 Å². The fourth-order valence-electron chi connectivity index (χ4n) is 3.35. The zero-order valence-corrected chi connectivity index (χ0v) is 12.8. The molecule has 2 heterocycles. The van der Waals surface area contributed by atoms with Crippen molar-refractivity contribution in [2.45, 2.75) is 25.8 Å². The van der Waals surface area contributed by atoms with Crippen molar-refractivity contribution in [3.05, 3.63) is 36.0 Å². The van der Waals surface area contributed by atoms with E-state index in [4.69, 9.17) is 0 Å². The summed E-state index contributed by atoms with van der Waals surface area (Å²) in [5.74, 6) is 0.0368. The molecule has 4 heteroatoms. The minimum absolute atomic E-state index is 0.0368. The topological polar surface area (TPSA) is 37.3 Å². The number of hydrogen-bond acceptors (Lipinski definition) is 2. The number of likely N-dealkylation sites (N-methyl/N-ethyl adjacent to an activating group) is 1. The Bertz CT molecular complexity index is 647. The average molecular weight is 285 g/mol. The van der Waals surface area contributed by atoms with Crippen LogP contribution in [-0.4, -0.2) is 41.1 Å². The largest absolute Gasteiger partial charge is 0.351 e. The van der Waals surface area contributed by atoms with Gasteiger partial charge in [0.1, 0.15) is 0 Å². The summed E-state index contributed by atoms with van der Waals surface area (Å²) in [5.41, 5.74) is 1.87. The Hall–Kier alpha value is -1.81. The van der Waals surface area contributed by atoms with E-state index < -0.39 is 0 Å². The summed E-state index contributed by atoms with van der Waals surface area (Å²) >= 11 is 0. The third-order valence-corrected chi connectivity index (χ3v) is 4.58. The molecule has 0 unspecified atom stereocenters. The molecule has 1 aliphatic rings. The van der Waals surface area contributed by atoms with Crippen LogP contribution in [0.3, 0.4) is 0 Å². The number of nitrogens with zero attached hydrogens (tertiary/aromatic N) is 2. The van der Waals surface area contributed by atoms with E-state index >= 15 is 0 Å². The Kier molecular flexibility index (Phi) is 3.97. The number of hydrogen-bond donors (Lipinski definition) is 1. The van der Waals surface area contributed by atoms with Crippen LogP contribution in [0, 0.1) is 0 Å². The quantitative estimate of drug-likeness (QED) is 0.936. The molecule has 112 valence electrons. The van der Waals surface area contributed by atoms with Gasteiger partial charge in [-0.1, -0.05) is 13.0 Å². The van der Waals surface area contributed by atoms with Crippen molar-refractivity contribution >= 4 is 16.8 Å². The molecule has 1 aliphatic heterocycles. The number of rotatable bonds is 4. The van der Waals surface area contributed by atoms with Crippen molar-refractivity contribution in [3.8, 4) is 0 Å². The van der Waals surface area contributed by atoms with Crippen molar-refractivity contribution in [2.24, 2.45) is 7.05 Å². The maximum absolute atomic E-state index is 12.5. The lowest BCUT2D eigenvalue weighted by Crippen LogP contribution is -2.40. The minimum Gasteiger partial charge on any atom is -0.351 e. The van der Waals surface area contributed by atoms with Crippen LogP contribution in [0.5, 0.6) is 0 Å². The van der Waals surface area contributed by atoms with Crippen molar-refractivity contribution in [1.29, 1.82) is 0 Å². The van der Waals surface area contributed by atoms with Gasteiger partial charge in [0.25, 0.3) is 5.91 Å². The Morgan fingerprint density at radius 3 is 3.05 bits per heavy atom. The van der Waals surface area contributed by atoms with Crippen molar-refractivity contribution in [2.75, 3.05) is 19.6 Å². The minimum atomic E-state index is 0.0368. The molecule has 0 aliphatic carbocycles. The first-order valence-corrected chi connectivity index (χ1v) is 7.77. The summed E-state index contributed by atoms with van der Waals surface area (Å²) in [4.78, 5) is 14.9. The lowest BCUT2D eigenvalue weighted by molar-refractivity contribution is 0.0943. The number of carbonyl (C=O) groups excluding carboxylic acids is 1. The average Bonchev–Trinajstić information content (AvgIpc) is 3.11. The predicted molar refractivity (Wildman–Crippen MR) is 85.5 cm³/mol. The van der Waals surface area contributed by atoms with Gasteiger partial charge in [-0.15, -0.1) is 0 Å². The van der Waals surface area contributed by atoms with Gasteiger partial charge < -0.3 is 9.88 Å². The summed E-state index contributed by atoms with van der Waals surface area (Å²) in [6, 6.07) is 8.41. The normalized spacial score (nSPS) is 19.2. The van der Waals surface area contributed by atoms with Gasteiger partial charge in [-0.05, 0) is 44.1 Å². The van der Waals surface area contributed by atoms with Gasteiger partial charge in [0.2, 0.25) is 0 Å². The molecule has 1 aromatic heterocycles. The summed E-state index contributed by atoms with van der Waals surface area (Å²) in [5, 5.41) is 4.14. The standard InChI is InChI=1S/C17H23N3O/c1-3-20-10-5-6-13(20)12-18-17(21)15-7-4-8-16-14(15)9-11-19(16)2/h4,7-9,11,13H,3,5-6,10,12H2,1-2H3,(H,18,21)/t13-/m0/s1. The molecular formula is C17H23N3O. The molecule has 3 rings (SSSR count). The van der Waals surface area contributed by atoms with Gasteiger partial charge in [0, 0.05) is 42.3 Å². The fourth-order valence-corrected chi connectivity index (χ4v) is 3.35. The fraction of sp³-hybridized carbons (Fsp3) is 0.471. The third kappa shape index (κ3) is 2.68. The second-order valence-electron chi connectivity index (χ2n) is 5.80. The van der Waals surface area contributed by atoms with E-state index in [9.17, 15) is 4.79 Å². The number of aromatic nitrogens is 1. The highest BCUT2D eigenvalue weighted by molar-refractivity contribution is 6.06. The second-order valence-corrected chi connectivity index (χ2v) is 5.80. The van der Waals surface area contributed by atoms with Gasteiger partial charge in [-0.3, -0.25) is 9.69 Å². The smallest absolute Gasteiger partial charge is 0.252 e. The van der Waals surface area contributed by atoms with Gasteiger partial charge in [0.15, 0.2) is 0 Å². The van der Waals surface area contributed by atoms with E-state index in [1.165, 1.54) is 12.8 Å². The number of likely N-dealkylation sites (tertiary alicyclic amines) is 1. The van der Waals surface area contributed by atoms with Gasteiger partial charge in [0.05, 0.1) is 0 Å². The highest BCUT2D eigenvalue weighted by Gasteiger charge is 2.23. The van der Waals surface area contributed by atoms with Crippen molar-refractivity contribution in [3.63, 3.8) is 0 Å². The lowest BCUT2D eigenvalue weighted by Gasteiger charge is -2.22. The van der Waals surface area contributed by atoms with Crippen LogP contribution in [0.1, 0.15) is 30.1 Å². The van der Waals surface area contributed by atoms with E-state index in [-0.39, 0.29) is 5.91 Å². The maximum Gasteiger partial charge on any atom is 0.252 e. The summed E-state index contributed by atoms with van der Waals surface area (Å²) < 4.78 is 2.04. The van der Waals surface area contributed by atoms with Gasteiger partial charge in [-0.2, -0.15) is 0 Å². The SMILES string of the molecule is CCN1CCC[C@H]1CNC(=O)c1cccc2c1ccn2C.